The van der Waals surface area contributed by atoms with Crippen LogP contribution in [0.1, 0.15) is 35.7 Å². The summed E-state index contributed by atoms with van der Waals surface area (Å²) in [7, 11) is 1.59. The Bertz CT molecular complexity index is 481. The lowest BCUT2D eigenvalue weighted by Crippen LogP contribution is -2.21. The summed E-state index contributed by atoms with van der Waals surface area (Å²) < 4.78 is 0. The first-order chi connectivity index (χ1) is 8.65. The number of nitrogens with zero attached hydrogens (tertiary/aromatic N) is 1. The van der Waals surface area contributed by atoms with E-state index in [4.69, 9.17) is 0 Å². The van der Waals surface area contributed by atoms with Crippen LogP contribution >= 0.6 is 0 Å². The first-order valence-corrected chi connectivity index (χ1v) is 6.17. The van der Waals surface area contributed by atoms with E-state index < -0.39 is 0 Å². The van der Waals surface area contributed by atoms with Crippen LogP contribution in [0.15, 0.2) is 12.3 Å². The number of anilines is 1. The van der Waals surface area contributed by atoms with Crippen LogP contribution in [0.3, 0.4) is 0 Å². The van der Waals surface area contributed by atoms with Gasteiger partial charge in [0, 0.05) is 19.2 Å². The van der Waals surface area contributed by atoms with Crippen LogP contribution in [-0.4, -0.2) is 23.8 Å². The standard InChI is InChI=1S/C13H17N3O2/c1-3-8-6-11(16-12(17)9-4-5-9)15-7-10(8)13(18)14-2/h6-7,9H,3-5H2,1-2H3,(H,14,18)(H,15,16,17). The molecule has 1 aliphatic carbocycles. The third kappa shape index (κ3) is 2.67. The summed E-state index contributed by atoms with van der Waals surface area (Å²) >= 11 is 0. The van der Waals surface area contributed by atoms with Gasteiger partial charge in [0.05, 0.1) is 5.56 Å². The SMILES string of the molecule is CCc1cc(NC(=O)C2CC2)ncc1C(=O)NC. The zero-order chi connectivity index (χ0) is 13.1. The fourth-order valence-electron chi connectivity index (χ4n) is 1.77. The van der Waals surface area contributed by atoms with Crippen LogP contribution in [-0.2, 0) is 11.2 Å². The lowest BCUT2D eigenvalue weighted by molar-refractivity contribution is -0.117. The lowest BCUT2D eigenvalue weighted by atomic mass is 10.1. The fraction of sp³-hybridized carbons (Fsp3) is 0.462. The summed E-state index contributed by atoms with van der Waals surface area (Å²) in [5.74, 6) is 0.545. The molecule has 0 radical (unpaired) electrons. The van der Waals surface area contributed by atoms with Crippen LogP contribution in [0.5, 0.6) is 0 Å². The van der Waals surface area contributed by atoms with Gasteiger partial charge >= 0.3 is 0 Å². The molecule has 1 saturated carbocycles. The molecule has 1 aromatic heterocycles. The number of amides is 2. The molecule has 18 heavy (non-hydrogen) atoms. The van der Waals surface area contributed by atoms with Gasteiger partial charge in [-0.2, -0.15) is 0 Å². The summed E-state index contributed by atoms with van der Waals surface area (Å²) in [6.45, 7) is 1.97. The Morgan fingerprint density at radius 2 is 2.17 bits per heavy atom. The number of pyridine rings is 1. The maximum atomic E-state index is 11.6. The predicted molar refractivity (Wildman–Crippen MR) is 68.4 cm³/mol. The molecule has 0 spiro atoms. The van der Waals surface area contributed by atoms with E-state index in [1.165, 1.54) is 6.20 Å². The highest BCUT2D eigenvalue weighted by Crippen LogP contribution is 2.30. The molecule has 0 atom stereocenters. The normalized spacial score (nSPS) is 14.1. The molecule has 96 valence electrons. The Morgan fingerprint density at radius 3 is 2.72 bits per heavy atom. The average molecular weight is 247 g/mol. The minimum absolute atomic E-state index is 0.0252. The van der Waals surface area contributed by atoms with Gasteiger partial charge in [0.2, 0.25) is 5.91 Å². The third-order valence-corrected chi connectivity index (χ3v) is 3.04. The molecule has 1 aromatic rings. The summed E-state index contributed by atoms with van der Waals surface area (Å²) in [6, 6.07) is 1.77. The minimum atomic E-state index is -0.153. The van der Waals surface area contributed by atoms with Gasteiger partial charge in [0.15, 0.2) is 0 Å². The van der Waals surface area contributed by atoms with Crippen LogP contribution in [0, 0.1) is 5.92 Å². The molecule has 0 aromatic carbocycles. The van der Waals surface area contributed by atoms with Crippen molar-refractivity contribution in [3.05, 3.63) is 23.4 Å². The van der Waals surface area contributed by atoms with Crippen LogP contribution in [0.25, 0.3) is 0 Å². The predicted octanol–water partition coefficient (Wildman–Crippen LogP) is 1.35. The van der Waals surface area contributed by atoms with Gasteiger partial charge in [0.1, 0.15) is 5.82 Å². The molecule has 1 fully saturated rings. The average Bonchev–Trinajstić information content (AvgIpc) is 3.22. The number of carbonyl (C=O) groups is 2. The van der Waals surface area contributed by atoms with Crippen molar-refractivity contribution in [3.63, 3.8) is 0 Å². The Hall–Kier alpha value is -1.91. The van der Waals surface area contributed by atoms with E-state index in [-0.39, 0.29) is 17.7 Å². The molecule has 5 heteroatoms. The van der Waals surface area contributed by atoms with Gasteiger partial charge in [-0.05, 0) is 30.9 Å². The van der Waals surface area contributed by atoms with E-state index in [1.807, 2.05) is 6.92 Å². The molecule has 1 heterocycles. The van der Waals surface area contributed by atoms with Gasteiger partial charge < -0.3 is 10.6 Å². The first-order valence-electron chi connectivity index (χ1n) is 6.17. The van der Waals surface area contributed by atoms with Crippen molar-refractivity contribution < 1.29 is 9.59 Å². The molecule has 0 aliphatic heterocycles. The summed E-state index contributed by atoms with van der Waals surface area (Å²) in [4.78, 5) is 27.3. The molecular weight excluding hydrogens is 230 g/mol. The number of nitrogens with one attached hydrogen (secondary N) is 2. The Labute approximate surface area is 106 Å². The molecule has 0 bridgehead atoms. The quantitative estimate of drug-likeness (QED) is 0.843. The molecule has 1 aliphatic rings. The Morgan fingerprint density at radius 1 is 1.44 bits per heavy atom. The highest BCUT2D eigenvalue weighted by atomic mass is 16.2. The summed E-state index contributed by atoms with van der Waals surface area (Å²) in [6.07, 6.45) is 4.16. The van der Waals surface area contributed by atoms with Crippen molar-refractivity contribution in [1.29, 1.82) is 0 Å². The van der Waals surface area contributed by atoms with Crippen LogP contribution in [0.4, 0.5) is 5.82 Å². The molecular formula is C13H17N3O2. The maximum Gasteiger partial charge on any atom is 0.252 e. The third-order valence-electron chi connectivity index (χ3n) is 3.04. The van der Waals surface area contributed by atoms with Crippen molar-refractivity contribution in [1.82, 2.24) is 10.3 Å². The van der Waals surface area contributed by atoms with Gasteiger partial charge in [0.25, 0.3) is 5.91 Å². The summed E-state index contributed by atoms with van der Waals surface area (Å²) in [5.41, 5.74) is 1.44. The van der Waals surface area contributed by atoms with Gasteiger partial charge in [-0.15, -0.1) is 0 Å². The number of aryl methyl sites for hydroxylation is 1. The second-order valence-electron chi connectivity index (χ2n) is 4.42. The van der Waals surface area contributed by atoms with Gasteiger partial charge in [-0.1, -0.05) is 6.92 Å². The van der Waals surface area contributed by atoms with E-state index in [2.05, 4.69) is 15.6 Å². The minimum Gasteiger partial charge on any atom is -0.355 e. The number of hydrogen-bond acceptors (Lipinski definition) is 3. The zero-order valence-electron chi connectivity index (χ0n) is 10.6. The lowest BCUT2D eigenvalue weighted by Gasteiger charge is -2.09. The largest absolute Gasteiger partial charge is 0.355 e. The maximum absolute atomic E-state index is 11.6. The number of hydrogen-bond donors (Lipinski definition) is 2. The highest BCUT2D eigenvalue weighted by molar-refractivity contribution is 5.96. The fourth-order valence-corrected chi connectivity index (χ4v) is 1.77. The Balaban J connectivity index is 2.18. The van der Waals surface area contributed by atoms with Crippen molar-refractivity contribution in [3.8, 4) is 0 Å². The number of carbonyl (C=O) groups excluding carboxylic acids is 2. The second kappa shape index (κ2) is 5.16. The monoisotopic (exact) mass is 247 g/mol. The molecule has 2 rings (SSSR count). The molecule has 0 unspecified atom stereocenters. The highest BCUT2D eigenvalue weighted by Gasteiger charge is 2.29. The molecule has 2 amide bonds. The second-order valence-corrected chi connectivity index (χ2v) is 4.42. The molecule has 5 nitrogen and oxygen atoms in total. The van der Waals surface area contributed by atoms with Crippen molar-refractivity contribution in [2.75, 3.05) is 12.4 Å². The first kappa shape index (κ1) is 12.5. The smallest absolute Gasteiger partial charge is 0.252 e. The van der Waals surface area contributed by atoms with Crippen molar-refractivity contribution in [2.24, 2.45) is 5.92 Å². The molecule has 0 saturated heterocycles. The van der Waals surface area contributed by atoms with Gasteiger partial charge in [-0.25, -0.2) is 4.98 Å². The van der Waals surface area contributed by atoms with Gasteiger partial charge in [-0.3, -0.25) is 9.59 Å². The van der Waals surface area contributed by atoms with E-state index in [0.717, 1.165) is 24.8 Å². The van der Waals surface area contributed by atoms with Crippen molar-refractivity contribution in [2.45, 2.75) is 26.2 Å². The number of rotatable bonds is 4. The Kier molecular flexibility index (Phi) is 3.60. The topological polar surface area (TPSA) is 71.1 Å². The van der Waals surface area contributed by atoms with Crippen LogP contribution in [0.2, 0.25) is 0 Å². The van der Waals surface area contributed by atoms with E-state index in [0.29, 0.717) is 11.4 Å². The van der Waals surface area contributed by atoms with E-state index in [9.17, 15) is 9.59 Å². The van der Waals surface area contributed by atoms with E-state index in [1.54, 1.807) is 13.1 Å². The van der Waals surface area contributed by atoms with E-state index >= 15 is 0 Å². The zero-order valence-corrected chi connectivity index (χ0v) is 10.6. The summed E-state index contributed by atoms with van der Waals surface area (Å²) in [5, 5.41) is 5.36. The van der Waals surface area contributed by atoms with Crippen LogP contribution < -0.4 is 10.6 Å². The number of aromatic nitrogens is 1. The molecule has 2 N–H and O–H groups in total. The van der Waals surface area contributed by atoms with Crippen molar-refractivity contribution >= 4 is 17.6 Å².